The normalized spacial score (nSPS) is 13.0. The van der Waals surface area contributed by atoms with Crippen LogP contribution in [-0.2, 0) is 20.7 Å². The number of hydrogen-bond acceptors (Lipinski definition) is 6. The number of esters is 1. The fourth-order valence-corrected chi connectivity index (χ4v) is 1.97. The molecule has 25 heavy (non-hydrogen) atoms. The van der Waals surface area contributed by atoms with Crippen LogP contribution < -0.4 is 11.1 Å². The van der Waals surface area contributed by atoms with E-state index in [1.165, 1.54) is 12.1 Å². The maximum atomic E-state index is 12.4. The number of carbonyl (C=O) groups excluding carboxylic acids is 2. The van der Waals surface area contributed by atoms with Gasteiger partial charge in [-0.1, -0.05) is 6.07 Å². The molecule has 4 N–H and O–H groups in total. The molecule has 7 heteroatoms. The van der Waals surface area contributed by atoms with Gasteiger partial charge in [-0.2, -0.15) is 0 Å². The summed E-state index contributed by atoms with van der Waals surface area (Å²) in [6.07, 6.45) is -0.592. The van der Waals surface area contributed by atoms with Crippen molar-refractivity contribution in [1.29, 1.82) is 0 Å². The molecule has 140 valence electrons. The molecule has 0 aromatic heterocycles. The number of phenols is 1. The molecule has 0 unspecified atom stereocenters. The lowest BCUT2D eigenvalue weighted by Gasteiger charge is -2.26. The lowest BCUT2D eigenvalue weighted by molar-refractivity contribution is -0.157. The summed E-state index contributed by atoms with van der Waals surface area (Å²) in [4.78, 5) is 24.5. The van der Waals surface area contributed by atoms with Crippen LogP contribution in [-0.4, -0.2) is 34.4 Å². The van der Waals surface area contributed by atoms with Crippen molar-refractivity contribution in [3.05, 3.63) is 23.8 Å². The van der Waals surface area contributed by atoms with Crippen LogP contribution in [0.2, 0.25) is 0 Å². The van der Waals surface area contributed by atoms with E-state index < -0.39 is 29.3 Å². The first kappa shape index (κ1) is 20.6. The van der Waals surface area contributed by atoms with Crippen LogP contribution in [0.25, 0.3) is 0 Å². The first-order valence-corrected chi connectivity index (χ1v) is 8.06. The molecule has 1 aromatic carbocycles. The number of phenolic OH excluding ortho intramolecular Hbond substituents is 1. The predicted octanol–water partition coefficient (Wildman–Crippen LogP) is 2.75. The average Bonchev–Trinajstić information content (AvgIpc) is 2.38. The molecule has 1 aromatic rings. The predicted molar refractivity (Wildman–Crippen MR) is 95.2 cm³/mol. The number of amides is 1. The third-order valence-corrected chi connectivity index (χ3v) is 2.92. The van der Waals surface area contributed by atoms with Gasteiger partial charge in [0.05, 0.1) is 5.69 Å². The monoisotopic (exact) mass is 352 g/mol. The van der Waals surface area contributed by atoms with E-state index in [2.05, 4.69) is 5.32 Å². The number of anilines is 1. The lowest BCUT2D eigenvalue weighted by Crippen LogP contribution is -2.47. The first-order chi connectivity index (χ1) is 11.3. The van der Waals surface area contributed by atoms with Crippen LogP contribution in [0.3, 0.4) is 0 Å². The van der Waals surface area contributed by atoms with Crippen molar-refractivity contribution in [3.63, 3.8) is 0 Å². The first-order valence-electron chi connectivity index (χ1n) is 8.06. The number of nitrogens with two attached hydrogens (primary N) is 1. The number of alkyl carbamates (subject to hydrolysis) is 1. The summed E-state index contributed by atoms with van der Waals surface area (Å²) in [6, 6.07) is 3.69. The number of benzene rings is 1. The Balaban J connectivity index is 2.95. The molecule has 7 nitrogen and oxygen atoms in total. The highest BCUT2D eigenvalue weighted by Gasteiger charge is 2.29. The zero-order valence-corrected chi connectivity index (χ0v) is 15.7. The summed E-state index contributed by atoms with van der Waals surface area (Å²) in [6.45, 7) is 10.4. The standard InChI is InChI=1S/C18H28N2O5/c1-17(2,3)24-15(22)13(20-16(23)25-18(4,5)6)9-11-7-8-12(19)14(21)10-11/h7-8,10,13,21H,9,19H2,1-6H3,(H,20,23)/t13-/m0/s1. The highest BCUT2D eigenvalue weighted by atomic mass is 16.6. The smallest absolute Gasteiger partial charge is 0.408 e. The molecule has 1 atom stereocenters. The minimum atomic E-state index is -0.961. The van der Waals surface area contributed by atoms with Gasteiger partial charge in [0.15, 0.2) is 0 Å². The van der Waals surface area contributed by atoms with Gasteiger partial charge in [0.2, 0.25) is 0 Å². The Bertz CT molecular complexity index is 629. The molecule has 0 aliphatic rings. The zero-order valence-electron chi connectivity index (χ0n) is 15.7. The fraction of sp³-hybridized carbons (Fsp3) is 0.556. The van der Waals surface area contributed by atoms with Crippen molar-refractivity contribution in [3.8, 4) is 5.75 Å². The van der Waals surface area contributed by atoms with Crippen molar-refractivity contribution in [2.24, 2.45) is 0 Å². The Labute approximate surface area is 148 Å². The SMILES string of the molecule is CC(C)(C)OC(=O)N[C@@H](Cc1ccc(N)c(O)c1)C(=O)OC(C)(C)C. The molecule has 0 spiro atoms. The third-order valence-electron chi connectivity index (χ3n) is 2.92. The summed E-state index contributed by atoms with van der Waals surface area (Å²) < 4.78 is 10.6. The minimum absolute atomic E-state index is 0.0855. The highest BCUT2D eigenvalue weighted by Crippen LogP contribution is 2.22. The number of ether oxygens (including phenoxy) is 2. The Morgan fingerprint density at radius 2 is 1.68 bits per heavy atom. The van der Waals surface area contributed by atoms with Gasteiger partial charge in [-0.3, -0.25) is 0 Å². The Hall–Kier alpha value is -2.44. The van der Waals surface area contributed by atoms with Crippen LogP contribution in [0.1, 0.15) is 47.1 Å². The van der Waals surface area contributed by atoms with Crippen molar-refractivity contribution < 1.29 is 24.2 Å². The van der Waals surface area contributed by atoms with E-state index in [9.17, 15) is 14.7 Å². The molecule has 1 amide bonds. The van der Waals surface area contributed by atoms with Gasteiger partial charge in [0.25, 0.3) is 0 Å². The summed E-state index contributed by atoms with van der Waals surface area (Å²) in [7, 11) is 0. The maximum absolute atomic E-state index is 12.4. The lowest BCUT2D eigenvalue weighted by atomic mass is 10.0. The molecular weight excluding hydrogens is 324 g/mol. The van der Waals surface area contributed by atoms with Gasteiger partial charge in [-0.25, -0.2) is 9.59 Å². The van der Waals surface area contributed by atoms with Crippen molar-refractivity contribution in [2.45, 2.75) is 65.2 Å². The second-order valence-electron chi connectivity index (χ2n) is 7.83. The average molecular weight is 352 g/mol. The minimum Gasteiger partial charge on any atom is -0.506 e. The quantitative estimate of drug-likeness (QED) is 0.436. The second kappa shape index (κ2) is 7.63. The summed E-state index contributed by atoms with van der Waals surface area (Å²) in [5, 5.41) is 12.2. The molecule has 0 radical (unpaired) electrons. The summed E-state index contributed by atoms with van der Waals surface area (Å²) >= 11 is 0. The molecule has 0 bridgehead atoms. The third kappa shape index (κ3) is 7.78. The van der Waals surface area contributed by atoms with Gasteiger partial charge in [-0.15, -0.1) is 0 Å². The topological polar surface area (TPSA) is 111 Å². The highest BCUT2D eigenvalue weighted by molar-refractivity contribution is 5.82. The Morgan fingerprint density at radius 3 is 2.16 bits per heavy atom. The van der Waals surface area contributed by atoms with Gasteiger partial charge in [0, 0.05) is 6.42 Å². The number of aromatic hydroxyl groups is 1. The van der Waals surface area contributed by atoms with Crippen molar-refractivity contribution in [1.82, 2.24) is 5.32 Å². The van der Waals surface area contributed by atoms with Crippen molar-refractivity contribution in [2.75, 3.05) is 5.73 Å². The van der Waals surface area contributed by atoms with E-state index in [0.29, 0.717) is 5.56 Å². The van der Waals surface area contributed by atoms with Gasteiger partial charge in [0.1, 0.15) is 23.0 Å². The largest absolute Gasteiger partial charge is 0.506 e. The van der Waals surface area contributed by atoms with E-state index in [0.717, 1.165) is 0 Å². The second-order valence-corrected chi connectivity index (χ2v) is 7.83. The number of carbonyl (C=O) groups is 2. The Kier molecular flexibility index (Phi) is 6.29. The van der Waals surface area contributed by atoms with E-state index in [1.807, 2.05) is 0 Å². The maximum Gasteiger partial charge on any atom is 0.408 e. The van der Waals surface area contributed by atoms with Crippen LogP contribution in [0.5, 0.6) is 5.75 Å². The molecule has 0 saturated carbocycles. The van der Waals surface area contributed by atoms with Crippen LogP contribution in [0, 0.1) is 0 Å². The van der Waals surface area contributed by atoms with E-state index >= 15 is 0 Å². The molecule has 0 aliphatic carbocycles. The molecule has 1 rings (SSSR count). The van der Waals surface area contributed by atoms with E-state index in [1.54, 1.807) is 47.6 Å². The molecule has 0 aliphatic heterocycles. The van der Waals surface area contributed by atoms with Gasteiger partial charge in [-0.05, 0) is 59.2 Å². The molecule has 0 saturated heterocycles. The summed E-state index contributed by atoms with van der Waals surface area (Å²) in [5.74, 6) is -0.674. The van der Waals surface area contributed by atoms with Gasteiger partial charge >= 0.3 is 12.1 Å². The van der Waals surface area contributed by atoms with E-state index in [-0.39, 0.29) is 17.9 Å². The van der Waals surface area contributed by atoms with Crippen LogP contribution >= 0.6 is 0 Å². The molecule has 0 heterocycles. The van der Waals surface area contributed by atoms with Crippen LogP contribution in [0.15, 0.2) is 18.2 Å². The van der Waals surface area contributed by atoms with E-state index in [4.69, 9.17) is 15.2 Å². The Morgan fingerprint density at radius 1 is 1.12 bits per heavy atom. The summed E-state index contributed by atoms with van der Waals surface area (Å²) in [5.41, 5.74) is 5.05. The number of rotatable bonds is 4. The fourth-order valence-electron chi connectivity index (χ4n) is 1.97. The zero-order chi connectivity index (χ0) is 19.4. The number of nitrogen functional groups attached to an aromatic ring is 1. The molecular formula is C18H28N2O5. The van der Waals surface area contributed by atoms with Gasteiger partial charge < -0.3 is 25.6 Å². The number of hydrogen-bond donors (Lipinski definition) is 3. The van der Waals surface area contributed by atoms with Crippen molar-refractivity contribution >= 4 is 17.7 Å². The van der Waals surface area contributed by atoms with Crippen LogP contribution in [0.4, 0.5) is 10.5 Å². The number of nitrogens with one attached hydrogen (secondary N) is 1. The molecule has 0 fully saturated rings.